The lowest BCUT2D eigenvalue weighted by Gasteiger charge is -2.35. The van der Waals surface area contributed by atoms with Gasteiger partial charge in [-0.15, -0.1) is 0 Å². The Morgan fingerprint density at radius 1 is 1.57 bits per heavy atom. The number of piperidine rings is 1. The van der Waals surface area contributed by atoms with Crippen LogP contribution in [0.5, 0.6) is 0 Å². The molecule has 1 aliphatic heterocycles. The lowest BCUT2D eigenvalue weighted by Crippen LogP contribution is -2.53. The lowest BCUT2D eigenvalue weighted by molar-refractivity contribution is -0.124. The van der Waals surface area contributed by atoms with E-state index in [4.69, 9.17) is 22.1 Å². The minimum absolute atomic E-state index is 0.0884. The van der Waals surface area contributed by atoms with Crippen molar-refractivity contribution < 1.29 is 9.53 Å². The first-order valence-electron chi connectivity index (χ1n) is 7.16. The Bertz CT molecular complexity index is 484. The molecule has 1 saturated heterocycles. The molecular formula is C15H22ClN3O2. The third-order valence-corrected chi connectivity index (χ3v) is 3.96. The van der Waals surface area contributed by atoms with Crippen molar-refractivity contribution in [1.82, 2.24) is 5.32 Å². The molecule has 1 aliphatic rings. The molecule has 0 spiro atoms. The topological polar surface area (TPSA) is 67.6 Å². The standard InChI is InChI=1S/C15H22ClN3O2/c1-21-10-13(17)15(20)18-11-5-4-8-19(9-11)14-7-3-2-6-12(14)16/h2-3,6-7,11,13H,4-5,8-10,17H2,1H3,(H,18,20). The van der Waals surface area contributed by atoms with Gasteiger partial charge in [-0.05, 0) is 25.0 Å². The molecule has 1 amide bonds. The molecule has 1 aromatic rings. The molecule has 0 aliphatic carbocycles. The zero-order chi connectivity index (χ0) is 15.2. The number of para-hydroxylation sites is 1. The lowest BCUT2D eigenvalue weighted by atomic mass is 10.0. The van der Waals surface area contributed by atoms with E-state index < -0.39 is 6.04 Å². The van der Waals surface area contributed by atoms with E-state index in [1.165, 1.54) is 7.11 Å². The number of hydrogen-bond donors (Lipinski definition) is 2. The van der Waals surface area contributed by atoms with Crippen LogP contribution in [-0.4, -0.2) is 44.8 Å². The Morgan fingerprint density at radius 2 is 2.33 bits per heavy atom. The molecule has 116 valence electrons. The van der Waals surface area contributed by atoms with Crippen LogP contribution >= 0.6 is 11.6 Å². The number of benzene rings is 1. The molecular weight excluding hydrogens is 290 g/mol. The predicted octanol–water partition coefficient (Wildman–Crippen LogP) is 1.40. The summed E-state index contributed by atoms with van der Waals surface area (Å²) in [6.07, 6.45) is 1.96. The quantitative estimate of drug-likeness (QED) is 0.862. The smallest absolute Gasteiger partial charge is 0.239 e. The summed E-state index contributed by atoms with van der Waals surface area (Å²) < 4.78 is 4.91. The van der Waals surface area contributed by atoms with Gasteiger partial charge < -0.3 is 20.7 Å². The first-order valence-corrected chi connectivity index (χ1v) is 7.54. The van der Waals surface area contributed by atoms with Crippen LogP contribution in [0.15, 0.2) is 24.3 Å². The highest BCUT2D eigenvalue weighted by molar-refractivity contribution is 6.33. The van der Waals surface area contributed by atoms with Gasteiger partial charge in [0.05, 0.1) is 17.3 Å². The van der Waals surface area contributed by atoms with E-state index in [1.807, 2.05) is 24.3 Å². The van der Waals surface area contributed by atoms with Crippen molar-refractivity contribution in [2.24, 2.45) is 5.73 Å². The van der Waals surface area contributed by atoms with E-state index in [1.54, 1.807) is 0 Å². The van der Waals surface area contributed by atoms with Gasteiger partial charge in [-0.1, -0.05) is 23.7 Å². The number of anilines is 1. The van der Waals surface area contributed by atoms with Crippen molar-refractivity contribution in [2.75, 3.05) is 31.7 Å². The number of nitrogens with one attached hydrogen (secondary N) is 1. The maximum Gasteiger partial charge on any atom is 0.239 e. The number of rotatable bonds is 5. The van der Waals surface area contributed by atoms with Crippen LogP contribution in [0.2, 0.25) is 5.02 Å². The second-order valence-electron chi connectivity index (χ2n) is 5.31. The molecule has 1 fully saturated rings. The van der Waals surface area contributed by atoms with Gasteiger partial charge in [-0.25, -0.2) is 0 Å². The Balaban J connectivity index is 1.95. The number of carbonyl (C=O) groups excluding carboxylic acids is 1. The summed E-state index contributed by atoms with van der Waals surface area (Å²) in [5, 5.41) is 3.73. The van der Waals surface area contributed by atoms with Crippen LogP contribution < -0.4 is 16.0 Å². The molecule has 1 heterocycles. The molecule has 0 radical (unpaired) electrons. The van der Waals surface area contributed by atoms with E-state index in [0.717, 1.165) is 36.6 Å². The van der Waals surface area contributed by atoms with E-state index in [0.29, 0.717) is 0 Å². The van der Waals surface area contributed by atoms with Gasteiger partial charge >= 0.3 is 0 Å². The van der Waals surface area contributed by atoms with Crippen LogP contribution in [0.3, 0.4) is 0 Å². The average Bonchev–Trinajstić information content (AvgIpc) is 2.48. The Morgan fingerprint density at radius 3 is 3.05 bits per heavy atom. The van der Waals surface area contributed by atoms with Gasteiger partial charge in [0.2, 0.25) is 5.91 Å². The highest BCUT2D eigenvalue weighted by atomic mass is 35.5. The molecule has 2 atom stereocenters. The van der Waals surface area contributed by atoms with Crippen LogP contribution in [0.1, 0.15) is 12.8 Å². The van der Waals surface area contributed by atoms with Gasteiger partial charge in [0.15, 0.2) is 0 Å². The molecule has 6 heteroatoms. The number of halogens is 1. The molecule has 0 bridgehead atoms. The fraction of sp³-hybridized carbons (Fsp3) is 0.533. The Kier molecular flexibility index (Phi) is 5.85. The van der Waals surface area contributed by atoms with Crippen molar-refractivity contribution in [3.05, 3.63) is 29.3 Å². The maximum atomic E-state index is 12.0. The van der Waals surface area contributed by atoms with Crippen LogP contribution in [0.4, 0.5) is 5.69 Å². The van der Waals surface area contributed by atoms with Crippen LogP contribution in [0.25, 0.3) is 0 Å². The summed E-state index contributed by atoms with van der Waals surface area (Å²) in [6, 6.07) is 7.24. The first-order chi connectivity index (χ1) is 10.1. The fourth-order valence-corrected chi connectivity index (χ4v) is 2.84. The number of methoxy groups -OCH3 is 1. The van der Waals surface area contributed by atoms with Crippen LogP contribution in [0, 0.1) is 0 Å². The van der Waals surface area contributed by atoms with E-state index >= 15 is 0 Å². The SMILES string of the molecule is COCC(N)C(=O)NC1CCCN(c2ccccc2Cl)C1. The van der Waals surface area contributed by atoms with Crippen molar-refractivity contribution in [1.29, 1.82) is 0 Å². The second-order valence-corrected chi connectivity index (χ2v) is 5.71. The number of amides is 1. The first kappa shape index (κ1) is 16.1. The third kappa shape index (κ3) is 4.33. The monoisotopic (exact) mass is 311 g/mol. The van der Waals surface area contributed by atoms with Gasteiger partial charge in [-0.3, -0.25) is 4.79 Å². The summed E-state index contributed by atoms with van der Waals surface area (Å²) in [5.41, 5.74) is 6.76. The minimum atomic E-state index is -0.620. The molecule has 2 unspecified atom stereocenters. The zero-order valence-electron chi connectivity index (χ0n) is 12.2. The van der Waals surface area contributed by atoms with E-state index in [9.17, 15) is 4.79 Å². The van der Waals surface area contributed by atoms with Gasteiger partial charge in [0.1, 0.15) is 6.04 Å². The van der Waals surface area contributed by atoms with Crippen LogP contribution in [-0.2, 0) is 9.53 Å². The molecule has 0 aromatic heterocycles. The molecule has 3 N–H and O–H groups in total. The number of carbonyl (C=O) groups is 1. The number of hydrogen-bond acceptors (Lipinski definition) is 4. The molecule has 0 saturated carbocycles. The number of ether oxygens (including phenoxy) is 1. The van der Waals surface area contributed by atoms with Gasteiger partial charge in [0.25, 0.3) is 0 Å². The molecule has 21 heavy (non-hydrogen) atoms. The van der Waals surface area contributed by atoms with Gasteiger partial charge in [-0.2, -0.15) is 0 Å². The van der Waals surface area contributed by atoms with E-state index in [-0.39, 0.29) is 18.6 Å². The fourth-order valence-electron chi connectivity index (χ4n) is 2.59. The van der Waals surface area contributed by atoms with Crippen molar-refractivity contribution >= 4 is 23.2 Å². The van der Waals surface area contributed by atoms with Crippen molar-refractivity contribution in [3.63, 3.8) is 0 Å². The largest absolute Gasteiger partial charge is 0.383 e. The molecule has 5 nitrogen and oxygen atoms in total. The highest BCUT2D eigenvalue weighted by Gasteiger charge is 2.24. The number of nitrogens with zero attached hydrogens (tertiary/aromatic N) is 1. The minimum Gasteiger partial charge on any atom is -0.383 e. The number of nitrogens with two attached hydrogens (primary N) is 1. The zero-order valence-corrected chi connectivity index (χ0v) is 13.0. The predicted molar refractivity (Wildman–Crippen MR) is 84.7 cm³/mol. The summed E-state index contributed by atoms with van der Waals surface area (Å²) in [7, 11) is 1.53. The second kappa shape index (κ2) is 7.64. The van der Waals surface area contributed by atoms with Gasteiger partial charge in [0, 0.05) is 26.2 Å². The van der Waals surface area contributed by atoms with E-state index in [2.05, 4.69) is 10.2 Å². The summed E-state index contributed by atoms with van der Waals surface area (Å²) >= 11 is 6.24. The molecule has 2 rings (SSSR count). The summed E-state index contributed by atoms with van der Waals surface area (Å²) in [5.74, 6) is -0.164. The normalized spacial score (nSPS) is 20.1. The average molecular weight is 312 g/mol. The summed E-state index contributed by atoms with van der Waals surface area (Å²) in [6.45, 7) is 1.92. The maximum absolute atomic E-state index is 12.0. The Labute approximate surface area is 130 Å². The Hall–Kier alpha value is -1.30. The molecule has 1 aromatic carbocycles. The third-order valence-electron chi connectivity index (χ3n) is 3.64. The van der Waals surface area contributed by atoms with Crippen molar-refractivity contribution in [2.45, 2.75) is 24.9 Å². The summed E-state index contributed by atoms with van der Waals surface area (Å²) in [4.78, 5) is 14.2. The van der Waals surface area contributed by atoms with Crippen molar-refractivity contribution in [3.8, 4) is 0 Å². The highest BCUT2D eigenvalue weighted by Crippen LogP contribution is 2.27.